The number of rotatable bonds is 3. The third-order valence-corrected chi connectivity index (χ3v) is 4.28. The summed E-state index contributed by atoms with van der Waals surface area (Å²) in [6, 6.07) is 11.3. The van der Waals surface area contributed by atoms with Gasteiger partial charge in [0.1, 0.15) is 11.9 Å². The number of nitrogens with one attached hydrogen (secondary N) is 1. The fraction of sp³-hybridized carbons (Fsp3) is 0.125. The van der Waals surface area contributed by atoms with Gasteiger partial charge in [0.25, 0.3) is 5.91 Å². The number of carbonyl (C=O) groups is 1. The first-order chi connectivity index (χ1) is 11.3. The molecule has 1 N–H and O–H groups in total. The average molecular weight is 323 g/mol. The zero-order chi connectivity index (χ0) is 15.6. The Kier molecular flexibility index (Phi) is 3.47. The topological polar surface area (TPSA) is 71.0 Å². The zero-order valence-electron chi connectivity index (χ0n) is 12.1. The minimum atomic E-state index is -0.337. The van der Waals surface area contributed by atoms with E-state index in [-0.39, 0.29) is 12.1 Å². The highest BCUT2D eigenvalue weighted by molar-refractivity contribution is 7.03. The van der Waals surface area contributed by atoms with Gasteiger partial charge in [0.05, 0.1) is 5.56 Å². The molecule has 1 aliphatic rings. The van der Waals surface area contributed by atoms with Crippen LogP contribution in [0.5, 0.6) is 0 Å². The molecular formula is C16H13N5OS. The maximum Gasteiger partial charge on any atom is 0.258 e. The molecule has 1 aliphatic heterocycles. The van der Waals surface area contributed by atoms with E-state index in [1.807, 2.05) is 41.8 Å². The van der Waals surface area contributed by atoms with Crippen molar-refractivity contribution >= 4 is 23.1 Å². The summed E-state index contributed by atoms with van der Waals surface area (Å²) in [7, 11) is 0. The van der Waals surface area contributed by atoms with Crippen molar-refractivity contribution in [3.05, 3.63) is 71.0 Å². The van der Waals surface area contributed by atoms with Gasteiger partial charge in [-0.1, -0.05) is 22.7 Å². The molecule has 7 heteroatoms. The standard InChI is InChI=1S/C16H13N5OS/c22-16-12-5-1-2-6-13(12)18-15(14-10-23-20-19-14)21(16)9-11-4-3-7-17-8-11/h1-8,10,15,18H,9H2/t15-/m1/s1. The lowest BCUT2D eigenvalue weighted by molar-refractivity contribution is 0.0662. The zero-order valence-corrected chi connectivity index (χ0v) is 12.9. The van der Waals surface area contributed by atoms with E-state index in [2.05, 4.69) is 19.9 Å². The van der Waals surface area contributed by atoms with Crippen LogP contribution in [-0.4, -0.2) is 25.4 Å². The van der Waals surface area contributed by atoms with Gasteiger partial charge in [-0.25, -0.2) is 0 Å². The number of hydrogen-bond donors (Lipinski definition) is 1. The maximum atomic E-state index is 12.9. The number of fused-ring (bicyclic) bond motifs is 1. The van der Waals surface area contributed by atoms with E-state index >= 15 is 0 Å². The Morgan fingerprint density at radius 2 is 2.13 bits per heavy atom. The van der Waals surface area contributed by atoms with Crippen molar-refractivity contribution in [1.82, 2.24) is 19.5 Å². The summed E-state index contributed by atoms with van der Waals surface area (Å²) >= 11 is 1.27. The van der Waals surface area contributed by atoms with Gasteiger partial charge in [0.2, 0.25) is 0 Å². The van der Waals surface area contributed by atoms with Crippen LogP contribution in [0.3, 0.4) is 0 Å². The van der Waals surface area contributed by atoms with Gasteiger partial charge in [-0.05, 0) is 35.3 Å². The van der Waals surface area contributed by atoms with Gasteiger partial charge in [-0.3, -0.25) is 9.78 Å². The van der Waals surface area contributed by atoms with Crippen LogP contribution in [0, 0.1) is 0 Å². The number of para-hydroxylation sites is 1. The highest BCUT2D eigenvalue weighted by Gasteiger charge is 2.34. The molecule has 3 heterocycles. The van der Waals surface area contributed by atoms with Crippen LogP contribution in [-0.2, 0) is 6.54 Å². The second-order valence-corrected chi connectivity index (χ2v) is 5.83. The van der Waals surface area contributed by atoms with Gasteiger partial charge in [-0.15, -0.1) is 5.10 Å². The van der Waals surface area contributed by atoms with E-state index in [1.165, 1.54) is 11.5 Å². The Morgan fingerprint density at radius 1 is 1.22 bits per heavy atom. The smallest absolute Gasteiger partial charge is 0.258 e. The lowest BCUT2D eigenvalue weighted by atomic mass is 10.1. The molecule has 1 atom stereocenters. The van der Waals surface area contributed by atoms with Gasteiger partial charge >= 0.3 is 0 Å². The summed E-state index contributed by atoms with van der Waals surface area (Å²) in [5.41, 5.74) is 3.19. The molecule has 0 fully saturated rings. The molecule has 0 saturated heterocycles. The lowest BCUT2D eigenvalue weighted by Crippen LogP contribution is -2.42. The SMILES string of the molecule is O=C1c2ccccc2N[C@@H](c2csnn2)N1Cc1cccnc1. The van der Waals surface area contributed by atoms with Crippen molar-refractivity contribution in [1.29, 1.82) is 0 Å². The van der Waals surface area contributed by atoms with E-state index in [4.69, 9.17) is 0 Å². The van der Waals surface area contributed by atoms with Crippen molar-refractivity contribution in [3.63, 3.8) is 0 Å². The lowest BCUT2D eigenvalue weighted by Gasteiger charge is -2.36. The van der Waals surface area contributed by atoms with Crippen molar-refractivity contribution in [2.24, 2.45) is 0 Å². The van der Waals surface area contributed by atoms with Crippen LogP contribution >= 0.6 is 11.5 Å². The maximum absolute atomic E-state index is 12.9. The molecule has 0 radical (unpaired) electrons. The van der Waals surface area contributed by atoms with Crippen LogP contribution in [0.2, 0.25) is 0 Å². The minimum Gasteiger partial charge on any atom is -0.359 e. The molecular weight excluding hydrogens is 310 g/mol. The summed E-state index contributed by atoms with van der Waals surface area (Å²) < 4.78 is 3.92. The van der Waals surface area contributed by atoms with E-state index in [1.54, 1.807) is 17.3 Å². The number of carbonyl (C=O) groups excluding carboxylic acids is 1. The third-order valence-electron chi connectivity index (χ3n) is 3.75. The molecule has 4 rings (SSSR count). The van der Waals surface area contributed by atoms with Crippen LogP contribution in [0.4, 0.5) is 5.69 Å². The predicted molar refractivity (Wildman–Crippen MR) is 86.8 cm³/mol. The molecule has 0 unspecified atom stereocenters. The quantitative estimate of drug-likeness (QED) is 0.802. The molecule has 1 amide bonds. The Hall–Kier alpha value is -2.80. The van der Waals surface area contributed by atoms with Gasteiger partial charge in [0, 0.05) is 30.0 Å². The molecule has 0 spiro atoms. The molecule has 3 aromatic rings. The largest absolute Gasteiger partial charge is 0.359 e. The summed E-state index contributed by atoms with van der Waals surface area (Å²) in [6.07, 6.45) is 3.15. The van der Waals surface area contributed by atoms with Crippen LogP contribution in [0.15, 0.2) is 54.2 Å². The van der Waals surface area contributed by atoms with Crippen molar-refractivity contribution < 1.29 is 4.79 Å². The number of hydrogen-bond acceptors (Lipinski definition) is 6. The van der Waals surface area contributed by atoms with Crippen molar-refractivity contribution in [3.8, 4) is 0 Å². The second-order valence-electron chi connectivity index (χ2n) is 5.22. The van der Waals surface area contributed by atoms with Crippen molar-refractivity contribution in [2.45, 2.75) is 12.7 Å². The number of nitrogens with zero attached hydrogens (tertiary/aromatic N) is 4. The van der Waals surface area contributed by atoms with Crippen LogP contribution in [0.1, 0.15) is 27.8 Å². The molecule has 0 saturated carbocycles. The number of anilines is 1. The molecule has 23 heavy (non-hydrogen) atoms. The second kappa shape index (κ2) is 5.77. The molecule has 114 valence electrons. The van der Waals surface area contributed by atoms with E-state index in [0.29, 0.717) is 12.1 Å². The fourth-order valence-corrected chi connectivity index (χ4v) is 3.14. The van der Waals surface area contributed by atoms with Gasteiger partial charge in [0.15, 0.2) is 0 Å². The molecule has 2 aromatic heterocycles. The van der Waals surface area contributed by atoms with E-state index in [9.17, 15) is 4.79 Å². The van der Waals surface area contributed by atoms with Gasteiger partial charge in [-0.2, -0.15) is 0 Å². The minimum absolute atomic E-state index is 0.0267. The highest BCUT2D eigenvalue weighted by atomic mass is 32.1. The summed E-state index contributed by atoms with van der Waals surface area (Å²) in [6.45, 7) is 0.455. The van der Waals surface area contributed by atoms with E-state index in [0.717, 1.165) is 16.9 Å². The summed E-state index contributed by atoms with van der Waals surface area (Å²) in [5, 5.41) is 9.38. The Morgan fingerprint density at radius 3 is 2.91 bits per heavy atom. The summed E-state index contributed by atoms with van der Waals surface area (Å²) in [4.78, 5) is 18.8. The third kappa shape index (κ3) is 2.55. The van der Waals surface area contributed by atoms with Crippen LogP contribution in [0.25, 0.3) is 0 Å². The molecule has 1 aromatic carbocycles. The number of pyridine rings is 1. The normalized spacial score (nSPS) is 16.8. The van der Waals surface area contributed by atoms with Gasteiger partial charge < -0.3 is 10.2 Å². The molecule has 6 nitrogen and oxygen atoms in total. The number of aromatic nitrogens is 3. The fourth-order valence-electron chi connectivity index (χ4n) is 2.67. The van der Waals surface area contributed by atoms with Crippen LogP contribution < -0.4 is 5.32 Å². The Balaban J connectivity index is 1.75. The monoisotopic (exact) mass is 323 g/mol. The van der Waals surface area contributed by atoms with Crippen molar-refractivity contribution in [2.75, 3.05) is 5.32 Å². The number of amides is 1. The average Bonchev–Trinajstić information content (AvgIpc) is 3.13. The molecule has 0 bridgehead atoms. The first-order valence-electron chi connectivity index (χ1n) is 7.15. The van der Waals surface area contributed by atoms with E-state index < -0.39 is 0 Å². The highest BCUT2D eigenvalue weighted by Crippen LogP contribution is 2.33. The summed E-state index contributed by atoms with van der Waals surface area (Å²) in [5.74, 6) is -0.0267. The Bertz CT molecular complexity index is 822. The number of benzene rings is 1. The first kappa shape index (κ1) is 13.8. The molecule has 0 aliphatic carbocycles. The Labute approximate surface area is 137 Å². The first-order valence-corrected chi connectivity index (χ1v) is 7.99. The predicted octanol–water partition coefficient (Wildman–Crippen LogP) is 2.70.